The number of ether oxygens (including phenoxy) is 1. The van der Waals surface area contributed by atoms with Gasteiger partial charge in [0.05, 0.1) is 19.1 Å². The average molecular weight is 224 g/mol. The highest BCUT2D eigenvalue weighted by atomic mass is 16.5. The van der Waals surface area contributed by atoms with Gasteiger partial charge in [-0.1, -0.05) is 0 Å². The zero-order valence-corrected chi connectivity index (χ0v) is 9.60. The molecule has 2 bridgehead atoms. The Bertz CT molecular complexity index is 289. The van der Waals surface area contributed by atoms with Crippen molar-refractivity contribution in [2.24, 2.45) is 23.7 Å². The van der Waals surface area contributed by atoms with Gasteiger partial charge in [0.15, 0.2) is 0 Å². The van der Waals surface area contributed by atoms with Gasteiger partial charge in [-0.05, 0) is 55.8 Å². The van der Waals surface area contributed by atoms with E-state index in [-0.39, 0.29) is 6.42 Å². The first kappa shape index (κ1) is 10.6. The molecular formula is C13H20O3. The summed E-state index contributed by atoms with van der Waals surface area (Å²) < 4.78 is 5.80. The van der Waals surface area contributed by atoms with Gasteiger partial charge < -0.3 is 9.84 Å². The van der Waals surface area contributed by atoms with Crippen molar-refractivity contribution in [3.05, 3.63) is 0 Å². The summed E-state index contributed by atoms with van der Waals surface area (Å²) in [6.45, 7) is 0.403. The number of carbonyl (C=O) groups is 1. The third-order valence-electron chi connectivity index (χ3n) is 5.02. The van der Waals surface area contributed by atoms with Gasteiger partial charge in [-0.25, -0.2) is 0 Å². The van der Waals surface area contributed by atoms with Gasteiger partial charge in [-0.2, -0.15) is 0 Å². The molecule has 1 N–H and O–H groups in total. The lowest BCUT2D eigenvalue weighted by atomic mass is 9.81. The molecule has 0 aromatic heterocycles. The van der Waals surface area contributed by atoms with E-state index >= 15 is 0 Å². The van der Waals surface area contributed by atoms with E-state index in [1.807, 2.05) is 0 Å². The topological polar surface area (TPSA) is 46.5 Å². The molecule has 0 aromatic rings. The van der Waals surface area contributed by atoms with Crippen molar-refractivity contribution >= 4 is 5.97 Å². The molecule has 5 unspecified atom stereocenters. The molecule has 3 saturated carbocycles. The van der Waals surface area contributed by atoms with Gasteiger partial charge in [0.2, 0.25) is 0 Å². The predicted octanol–water partition coefficient (Wildman–Crippen LogP) is 2.30. The lowest BCUT2D eigenvalue weighted by molar-refractivity contribution is -0.139. The zero-order chi connectivity index (χ0) is 11.1. The van der Waals surface area contributed by atoms with Crippen molar-refractivity contribution in [1.29, 1.82) is 0 Å². The van der Waals surface area contributed by atoms with Crippen molar-refractivity contribution in [1.82, 2.24) is 0 Å². The Kier molecular flexibility index (Phi) is 2.66. The molecule has 5 atom stereocenters. The number of hydrogen-bond acceptors (Lipinski definition) is 2. The Balaban J connectivity index is 1.55. The Labute approximate surface area is 96.2 Å². The number of carboxylic acid groups (broad SMARTS) is 1. The van der Waals surface area contributed by atoms with Crippen LogP contribution in [-0.2, 0) is 9.53 Å². The first-order chi connectivity index (χ1) is 7.75. The van der Waals surface area contributed by atoms with Crippen molar-refractivity contribution in [2.75, 3.05) is 6.61 Å². The van der Waals surface area contributed by atoms with Crippen molar-refractivity contribution in [3.8, 4) is 0 Å². The van der Waals surface area contributed by atoms with Crippen LogP contribution in [0.2, 0.25) is 0 Å². The lowest BCUT2D eigenvalue weighted by Gasteiger charge is -2.28. The molecule has 0 aliphatic heterocycles. The number of rotatable bonds is 4. The summed E-state index contributed by atoms with van der Waals surface area (Å²) in [6, 6.07) is 0. The first-order valence-electron chi connectivity index (χ1n) is 6.59. The van der Waals surface area contributed by atoms with Crippen molar-refractivity contribution in [2.45, 2.75) is 44.6 Å². The summed E-state index contributed by atoms with van der Waals surface area (Å²) in [5.41, 5.74) is 0. The smallest absolute Gasteiger partial charge is 0.305 e. The van der Waals surface area contributed by atoms with E-state index in [1.165, 1.54) is 32.1 Å². The maximum absolute atomic E-state index is 10.4. The van der Waals surface area contributed by atoms with Gasteiger partial charge in [0.1, 0.15) is 0 Å². The lowest BCUT2D eigenvalue weighted by Crippen LogP contribution is -2.28. The molecule has 0 saturated heterocycles. The fraction of sp³-hybridized carbons (Fsp3) is 0.923. The van der Waals surface area contributed by atoms with Crippen LogP contribution in [0.1, 0.15) is 38.5 Å². The van der Waals surface area contributed by atoms with Crippen molar-refractivity contribution in [3.63, 3.8) is 0 Å². The molecule has 3 aliphatic carbocycles. The van der Waals surface area contributed by atoms with Crippen molar-refractivity contribution < 1.29 is 14.6 Å². The third-order valence-corrected chi connectivity index (χ3v) is 5.02. The maximum Gasteiger partial charge on any atom is 0.305 e. The van der Waals surface area contributed by atoms with Crippen LogP contribution in [0.25, 0.3) is 0 Å². The standard InChI is InChI=1S/C13H20O3/c14-12(15)5-6-16-11-4-3-10-8-1-2-9(7-8)13(10)11/h8-11,13H,1-7H2,(H,14,15). The highest BCUT2D eigenvalue weighted by molar-refractivity contribution is 5.66. The van der Waals surface area contributed by atoms with Crippen LogP contribution in [0.5, 0.6) is 0 Å². The van der Waals surface area contributed by atoms with E-state index in [9.17, 15) is 4.79 Å². The summed E-state index contributed by atoms with van der Waals surface area (Å²) in [6.07, 6.45) is 7.28. The SMILES string of the molecule is O=C(O)CCOC1CCC2C3CCC(C3)C12. The van der Waals surface area contributed by atoms with Gasteiger partial charge in [-0.15, -0.1) is 0 Å². The molecule has 3 aliphatic rings. The summed E-state index contributed by atoms with van der Waals surface area (Å²) in [4.78, 5) is 10.4. The van der Waals surface area contributed by atoms with Crippen LogP contribution in [0.15, 0.2) is 0 Å². The predicted molar refractivity (Wildman–Crippen MR) is 59.0 cm³/mol. The van der Waals surface area contributed by atoms with Gasteiger partial charge in [-0.3, -0.25) is 4.79 Å². The quantitative estimate of drug-likeness (QED) is 0.797. The Morgan fingerprint density at radius 1 is 1.19 bits per heavy atom. The van der Waals surface area contributed by atoms with Crippen LogP contribution in [0, 0.1) is 23.7 Å². The van der Waals surface area contributed by atoms with Crippen LogP contribution in [0.4, 0.5) is 0 Å². The van der Waals surface area contributed by atoms with Gasteiger partial charge >= 0.3 is 5.97 Å². The second-order valence-corrected chi connectivity index (χ2v) is 5.70. The highest BCUT2D eigenvalue weighted by Crippen LogP contribution is 2.59. The molecule has 3 fully saturated rings. The molecule has 0 amide bonds. The van der Waals surface area contributed by atoms with Gasteiger partial charge in [0.25, 0.3) is 0 Å². The molecule has 3 heteroatoms. The molecule has 0 radical (unpaired) electrons. The monoisotopic (exact) mass is 224 g/mol. The largest absolute Gasteiger partial charge is 0.481 e. The van der Waals surface area contributed by atoms with E-state index in [0.29, 0.717) is 12.7 Å². The van der Waals surface area contributed by atoms with Crippen LogP contribution in [0.3, 0.4) is 0 Å². The second-order valence-electron chi connectivity index (χ2n) is 5.70. The first-order valence-corrected chi connectivity index (χ1v) is 6.59. The van der Waals surface area contributed by atoms with Crippen LogP contribution in [-0.4, -0.2) is 23.8 Å². The van der Waals surface area contributed by atoms with Crippen LogP contribution >= 0.6 is 0 Å². The molecule has 90 valence electrons. The normalized spacial score (nSPS) is 44.9. The van der Waals surface area contributed by atoms with E-state index < -0.39 is 5.97 Å². The van der Waals surface area contributed by atoms with E-state index in [0.717, 1.165) is 23.7 Å². The number of aliphatic carboxylic acids is 1. The number of fused-ring (bicyclic) bond motifs is 5. The Morgan fingerprint density at radius 3 is 2.81 bits per heavy atom. The molecule has 0 heterocycles. The summed E-state index contributed by atoms with van der Waals surface area (Å²) in [5, 5.41) is 8.60. The zero-order valence-electron chi connectivity index (χ0n) is 9.60. The minimum Gasteiger partial charge on any atom is -0.481 e. The molecule has 0 aromatic carbocycles. The minimum absolute atomic E-state index is 0.155. The fourth-order valence-electron chi connectivity index (χ4n) is 4.50. The average Bonchev–Trinajstić information content (AvgIpc) is 2.87. The molecule has 0 spiro atoms. The fourth-order valence-corrected chi connectivity index (χ4v) is 4.50. The molecule has 3 nitrogen and oxygen atoms in total. The summed E-state index contributed by atoms with van der Waals surface area (Å²) >= 11 is 0. The van der Waals surface area contributed by atoms with E-state index in [1.54, 1.807) is 0 Å². The summed E-state index contributed by atoms with van der Waals surface area (Å²) in [5.74, 6) is 2.80. The Morgan fingerprint density at radius 2 is 2.00 bits per heavy atom. The maximum atomic E-state index is 10.4. The minimum atomic E-state index is -0.748. The van der Waals surface area contributed by atoms with E-state index in [4.69, 9.17) is 9.84 Å². The molecule has 16 heavy (non-hydrogen) atoms. The van der Waals surface area contributed by atoms with E-state index in [2.05, 4.69) is 0 Å². The summed E-state index contributed by atoms with van der Waals surface area (Å²) in [7, 11) is 0. The Hall–Kier alpha value is -0.570. The van der Waals surface area contributed by atoms with Gasteiger partial charge in [0, 0.05) is 0 Å². The molecular weight excluding hydrogens is 204 g/mol. The highest BCUT2D eigenvalue weighted by Gasteiger charge is 2.53. The molecule has 3 rings (SSSR count). The number of carboxylic acids is 1. The second kappa shape index (κ2) is 4.02. The third kappa shape index (κ3) is 1.65. The van der Waals surface area contributed by atoms with Crippen LogP contribution < -0.4 is 0 Å². The number of hydrogen-bond donors (Lipinski definition) is 1.